The van der Waals surface area contributed by atoms with Crippen molar-refractivity contribution in [3.05, 3.63) is 36.7 Å². The summed E-state index contributed by atoms with van der Waals surface area (Å²) in [5.74, 6) is 0.697. The lowest BCUT2D eigenvalue weighted by atomic mass is 10.4. The van der Waals surface area contributed by atoms with Crippen molar-refractivity contribution >= 4 is 11.7 Å². The van der Waals surface area contributed by atoms with Crippen molar-refractivity contribution in [3.8, 4) is 0 Å². The van der Waals surface area contributed by atoms with Gasteiger partial charge in [-0.1, -0.05) is 6.07 Å². The Hall–Kier alpha value is -1.64. The molecule has 0 aliphatic carbocycles. The lowest BCUT2D eigenvalue weighted by Crippen LogP contribution is -2.37. The third-order valence-electron chi connectivity index (χ3n) is 1.62. The number of rotatable bonds is 0. The molecule has 0 radical (unpaired) electrons. The summed E-state index contributed by atoms with van der Waals surface area (Å²) in [5, 5.41) is 2.87. The van der Waals surface area contributed by atoms with Crippen molar-refractivity contribution < 1.29 is 9.36 Å². The first-order valence-corrected chi connectivity index (χ1v) is 3.30. The molecule has 1 aromatic heterocycles. The fourth-order valence-electron chi connectivity index (χ4n) is 1.08. The molecule has 0 saturated heterocycles. The van der Waals surface area contributed by atoms with Crippen LogP contribution in [-0.4, -0.2) is 5.91 Å². The van der Waals surface area contributed by atoms with Crippen LogP contribution < -0.4 is 9.88 Å². The zero-order chi connectivity index (χ0) is 7.84. The zero-order valence-corrected chi connectivity index (χ0v) is 5.87. The van der Waals surface area contributed by atoms with E-state index < -0.39 is 0 Å². The van der Waals surface area contributed by atoms with Crippen LogP contribution >= 0.6 is 0 Å². The smallest absolute Gasteiger partial charge is 0.236 e. The average molecular weight is 147 g/mol. The standard InChI is InChI=1S/C8H6N2O/c1-6-8(11)10-5-3-2-4-7(10)9-6/h2-5H,1H2/p+1. The highest BCUT2D eigenvalue weighted by atomic mass is 16.2. The lowest BCUT2D eigenvalue weighted by Gasteiger charge is -1.86. The van der Waals surface area contributed by atoms with Gasteiger partial charge in [0.05, 0.1) is 6.20 Å². The maximum atomic E-state index is 11.2. The molecular weight excluding hydrogens is 140 g/mol. The number of hydrogen-bond acceptors (Lipinski definition) is 2. The molecule has 3 heteroatoms. The molecule has 0 aromatic carbocycles. The summed E-state index contributed by atoms with van der Waals surface area (Å²) in [6.45, 7) is 3.57. The summed E-state index contributed by atoms with van der Waals surface area (Å²) in [6, 6.07) is 5.50. The van der Waals surface area contributed by atoms with Gasteiger partial charge >= 0.3 is 5.91 Å². The highest BCUT2D eigenvalue weighted by molar-refractivity contribution is 5.92. The maximum absolute atomic E-state index is 11.2. The van der Waals surface area contributed by atoms with Gasteiger partial charge in [0.2, 0.25) is 5.70 Å². The van der Waals surface area contributed by atoms with Crippen LogP contribution in [0.25, 0.3) is 0 Å². The van der Waals surface area contributed by atoms with Gasteiger partial charge in [-0.3, -0.25) is 0 Å². The quantitative estimate of drug-likeness (QED) is 0.429. The Balaban J connectivity index is 2.64. The first-order chi connectivity index (χ1) is 5.29. The van der Waals surface area contributed by atoms with E-state index in [9.17, 15) is 4.79 Å². The normalized spacial score (nSPS) is 14.5. The Kier molecular flexibility index (Phi) is 1.06. The second kappa shape index (κ2) is 1.92. The summed E-state index contributed by atoms with van der Waals surface area (Å²) in [6.07, 6.45) is 1.71. The summed E-state index contributed by atoms with van der Waals surface area (Å²) >= 11 is 0. The molecule has 0 amide bonds. The van der Waals surface area contributed by atoms with Crippen molar-refractivity contribution in [2.45, 2.75) is 0 Å². The van der Waals surface area contributed by atoms with Crippen LogP contribution in [0.15, 0.2) is 36.7 Å². The highest BCUT2D eigenvalue weighted by Gasteiger charge is 2.29. The number of aromatic nitrogens is 1. The summed E-state index contributed by atoms with van der Waals surface area (Å²) in [5.41, 5.74) is 0.427. The van der Waals surface area contributed by atoms with Gasteiger partial charge in [0.15, 0.2) is 0 Å². The monoisotopic (exact) mass is 147 g/mol. The number of anilines is 1. The maximum Gasteiger partial charge on any atom is 0.384 e. The van der Waals surface area contributed by atoms with Crippen LogP contribution in [0, 0.1) is 0 Å². The molecule has 54 valence electrons. The van der Waals surface area contributed by atoms with Crippen LogP contribution in [0.2, 0.25) is 0 Å². The molecule has 11 heavy (non-hydrogen) atoms. The van der Waals surface area contributed by atoms with Crippen LogP contribution in [-0.2, 0) is 0 Å². The predicted octanol–water partition coefficient (Wildman–Crippen LogP) is 0.553. The second-order valence-electron chi connectivity index (χ2n) is 2.36. The molecule has 1 aliphatic heterocycles. The number of carbonyl (C=O) groups is 1. The number of pyridine rings is 1. The summed E-state index contributed by atoms with van der Waals surface area (Å²) in [4.78, 5) is 11.2. The first kappa shape index (κ1) is 6.09. The summed E-state index contributed by atoms with van der Waals surface area (Å²) < 4.78 is 1.53. The van der Waals surface area contributed by atoms with E-state index in [1.54, 1.807) is 6.20 Å². The van der Waals surface area contributed by atoms with Gasteiger partial charge in [0.1, 0.15) is 0 Å². The van der Waals surface area contributed by atoms with Gasteiger partial charge in [-0.2, -0.15) is 4.57 Å². The minimum atomic E-state index is -0.0828. The van der Waals surface area contributed by atoms with Gasteiger partial charge in [-0.05, 0) is 12.6 Å². The van der Waals surface area contributed by atoms with Gasteiger partial charge in [-0.15, -0.1) is 0 Å². The number of allylic oxidation sites excluding steroid dienone is 1. The van der Waals surface area contributed by atoms with E-state index in [-0.39, 0.29) is 5.91 Å². The van der Waals surface area contributed by atoms with Gasteiger partial charge in [0.25, 0.3) is 5.82 Å². The van der Waals surface area contributed by atoms with Crippen molar-refractivity contribution in [3.63, 3.8) is 0 Å². The Morgan fingerprint density at radius 1 is 1.45 bits per heavy atom. The molecule has 2 heterocycles. The van der Waals surface area contributed by atoms with E-state index in [1.165, 1.54) is 4.57 Å². The fraction of sp³-hybridized carbons (Fsp3) is 0. The molecule has 0 fully saturated rings. The largest absolute Gasteiger partial charge is 0.384 e. The topological polar surface area (TPSA) is 33.0 Å². The number of nitrogens with one attached hydrogen (secondary N) is 1. The average Bonchev–Trinajstić information content (AvgIpc) is 2.30. The van der Waals surface area contributed by atoms with E-state index in [4.69, 9.17) is 0 Å². The molecular formula is C8H7N2O+. The molecule has 3 nitrogen and oxygen atoms in total. The Labute approximate surface area is 64.0 Å². The van der Waals surface area contributed by atoms with Crippen molar-refractivity contribution in [2.75, 3.05) is 5.32 Å². The molecule has 1 aliphatic rings. The molecule has 0 saturated carbocycles. The lowest BCUT2D eigenvalue weighted by molar-refractivity contribution is -0.550. The number of fused-ring (bicyclic) bond motifs is 1. The number of nitrogens with zero attached hydrogens (tertiary/aromatic N) is 1. The SMILES string of the molecule is C=C1Nc2cccc[n+]2C1=O. The minimum absolute atomic E-state index is 0.0828. The third-order valence-corrected chi connectivity index (χ3v) is 1.62. The Bertz CT molecular complexity index is 344. The van der Waals surface area contributed by atoms with Crippen molar-refractivity contribution in [2.24, 2.45) is 0 Å². The first-order valence-electron chi connectivity index (χ1n) is 3.30. The molecule has 0 bridgehead atoms. The van der Waals surface area contributed by atoms with E-state index in [0.717, 1.165) is 5.82 Å². The predicted molar refractivity (Wildman–Crippen MR) is 40.0 cm³/mol. The molecule has 1 N–H and O–H groups in total. The molecule has 0 spiro atoms. The fourth-order valence-corrected chi connectivity index (χ4v) is 1.08. The van der Waals surface area contributed by atoms with Crippen LogP contribution in [0.4, 0.5) is 5.82 Å². The molecule has 1 aromatic rings. The summed E-state index contributed by atoms with van der Waals surface area (Å²) in [7, 11) is 0. The van der Waals surface area contributed by atoms with Crippen LogP contribution in [0.5, 0.6) is 0 Å². The zero-order valence-electron chi connectivity index (χ0n) is 5.87. The number of carbonyl (C=O) groups excluding carboxylic acids is 1. The van der Waals surface area contributed by atoms with Crippen molar-refractivity contribution in [1.29, 1.82) is 0 Å². The highest BCUT2D eigenvalue weighted by Crippen LogP contribution is 2.09. The van der Waals surface area contributed by atoms with Crippen molar-refractivity contribution in [1.82, 2.24) is 0 Å². The molecule has 2 rings (SSSR count). The number of hydrogen-bond donors (Lipinski definition) is 1. The van der Waals surface area contributed by atoms with E-state index in [2.05, 4.69) is 11.9 Å². The van der Waals surface area contributed by atoms with Crippen LogP contribution in [0.3, 0.4) is 0 Å². The third kappa shape index (κ3) is 0.741. The second-order valence-corrected chi connectivity index (χ2v) is 2.36. The Morgan fingerprint density at radius 2 is 2.27 bits per heavy atom. The Morgan fingerprint density at radius 3 is 3.00 bits per heavy atom. The van der Waals surface area contributed by atoms with Crippen LogP contribution in [0.1, 0.15) is 4.79 Å². The minimum Gasteiger partial charge on any atom is -0.236 e. The molecule has 0 unspecified atom stereocenters. The van der Waals surface area contributed by atoms with Gasteiger partial charge in [0, 0.05) is 6.07 Å². The van der Waals surface area contributed by atoms with E-state index in [0.29, 0.717) is 5.70 Å². The van der Waals surface area contributed by atoms with E-state index >= 15 is 0 Å². The molecule has 0 atom stereocenters. The van der Waals surface area contributed by atoms with E-state index in [1.807, 2.05) is 18.2 Å². The van der Waals surface area contributed by atoms with Gasteiger partial charge < -0.3 is 0 Å². The van der Waals surface area contributed by atoms with Gasteiger partial charge in [-0.25, -0.2) is 10.1 Å².